The van der Waals surface area contributed by atoms with Crippen molar-refractivity contribution >= 4 is 16.9 Å². The summed E-state index contributed by atoms with van der Waals surface area (Å²) in [6.07, 6.45) is 1.91. The van der Waals surface area contributed by atoms with E-state index < -0.39 is 0 Å². The molecule has 4 rings (SSSR count). The fourth-order valence-corrected chi connectivity index (χ4v) is 3.27. The summed E-state index contributed by atoms with van der Waals surface area (Å²) < 4.78 is 22.3. The molecule has 32 heavy (non-hydrogen) atoms. The van der Waals surface area contributed by atoms with Crippen molar-refractivity contribution in [1.29, 1.82) is 0 Å². The van der Waals surface area contributed by atoms with Gasteiger partial charge >= 0.3 is 5.97 Å². The summed E-state index contributed by atoms with van der Waals surface area (Å²) in [4.78, 5) is 15.9. The predicted molar refractivity (Wildman–Crippen MR) is 121 cm³/mol. The highest BCUT2D eigenvalue weighted by Gasteiger charge is 2.13. The zero-order valence-corrected chi connectivity index (χ0v) is 17.9. The molecule has 4 aromatic rings. The second-order valence-electron chi connectivity index (χ2n) is 7.10. The first-order chi connectivity index (χ1) is 15.7. The van der Waals surface area contributed by atoms with Crippen molar-refractivity contribution in [2.75, 3.05) is 14.2 Å². The third-order valence-corrected chi connectivity index (χ3v) is 4.95. The molecule has 0 fully saturated rings. The number of hydrogen-bond acceptors (Lipinski definition) is 6. The van der Waals surface area contributed by atoms with Crippen LogP contribution in [0.2, 0.25) is 0 Å². The molecule has 0 unspecified atom stereocenters. The van der Waals surface area contributed by atoms with Gasteiger partial charge in [0.15, 0.2) is 11.5 Å². The number of ether oxygens (including phenoxy) is 4. The number of carbonyl (C=O) groups excluding carboxylic acids is 1. The van der Waals surface area contributed by atoms with Gasteiger partial charge < -0.3 is 18.9 Å². The van der Waals surface area contributed by atoms with Gasteiger partial charge in [0.2, 0.25) is 0 Å². The maximum atomic E-state index is 11.4. The number of nitrogens with zero attached hydrogens (tertiary/aromatic N) is 1. The third kappa shape index (κ3) is 4.98. The van der Waals surface area contributed by atoms with Crippen LogP contribution in [0, 0.1) is 0 Å². The number of aromatic nitrogens is 1. The Balaban J connectivity index is 1.57. The molecule has 0 aliphatic rings. The van der Waals surface area contributed by atoms with Crippen LogP contribution in [0.5, 0.6) is 23.0 Å². The lowest BCUT2D eigenvalue weighted by Crippen LogP contribution is -2.04. The topological polar surface area (TPSA) is 66.9 Å². The van der Waals surface area contributed by atoms with Crippen LogP contribution in [-0.2, 0) is 22.6 Å². The van der Waals surface area contributed by atoms with Crippen LogP contribution >= 0.6 is 0 Å². The lowest BCUT2D eigenvalue weighted by molar-refractivity contribution is -0.139. The Kier molecular flexibility index (Phi) is 6.51. The second-order valence-corrected chi connectivity index (χ2v) is 7.10. The maximum Gasteiger partial charge on any atom is 0.309 e. The van der Waals surface area contributed by atoms with Crippen LogP contribution in [-0.4, -0.2) is 25.2 Å². The molecule has 1 heterocycles. The molecule has 3 aromatic carbocycles. The number of pyridine rings is 1. The van der Waals surface area contributed by atoms with Gasteiger partial charge in [-0.25, -0.2) is 0 Å². The average molecular weight is 429 g/mol. The van der Waals surface area contributed by atoms with E-state index in [1.807, 2.05) is 66.7 Å². The number of rotatable bonds is 8. The van der Waals surface area contributed by atoms with Crippen molar-refractivity contribution < 1.29 is 23.7 Å². The van der Waals surface area contributed by atoms with Crippen LogP contribution in [0.3, 0.4) is 0 Å². The molecule has 162 valence electrons. The second kappa shape index (κ2) is 9.83. The highest BCUT2D eigenvalue weighted by molar-refractivity contribution is 5.88. The minimum absolute atomic E-state index is 0.220. The van der Waals surface area contributed by atoms with E-state index in [0.717, 1.165) is 22.0 Å². The van der Waals surface area contributed by atoms with Gasteiger partial charge in [0.1, 0.15) is 18.1 Å². The number of benzene rings is 3. The van der Waals surface area contributed by atoms with Crippen LogP contribution in [0.25, 0.3) is 10.9 Å². The first-order valence-electron chi connectivity index (χ1n) is 10.1. The molecule has 0 N–H and O–H groups in total. The Bertz CT molecular complexity index is 1210. The number of fused-ring (bicyclic) bond motifs is 1. The minimum Gasteiger partial charge on any atom is -0.493 e. The molecule has 1 aromatic heterocycles. The van der Waals surface area contributed by atoms with Crippen LogP contribution in [0.4, 0.5) is 0 Å². The molecule has 0 spiro atoms. The van der Waals surface area contributed by atoms with E-state index in [1.54, 1.807) is 19.4 Å². The highest BCUT2D eigenvalue weighted by atomic mass is 16.5. The molecule has 0 aliphatic heterocycles. The van der Waals surface area contributed by atoms with Crippen LogP contribution < -0.4 is 14.2 Å². The molecule has 0 bridgehead atoms. The van der Waals surface area contributed by atoms with E-state index in [-0.39, 0.29) is 12.4 Å². The van der Waals surface area contributed by atoms with E-state index in [1.165, 1.54) is 7.11 Å². The molecule has 0 aliphatic carbocycles. The van der Waals surface area contributed by atoms with E-state index >= 15 is 0 Å². The third-order valence-electron chi connectivity index (χ3n) is 4.95. The molecule has 6 nitrogen and oxygen atoms in total. The zero-order chi connectivity index (χ0) is 22.3. The summed E-state index contributed by atoms with van der Waals surface area (Å²) in [7, 11) is 2.98. The van der Waals surface area contributed by atoms with E-state index in [2.05, 4.69) is 4.98 Å². The van der Waals surface area contributed by atoms with E-state index in [0.29, 0.717) is 29.6 Å². The Morgan fingerprint density at radius 3 is 2.34 bits per heavy atom. The lowest BCUT2D eigenvalue weighted by atomic mass is 10.1. The number of esters is 1. The normalized spacial score (nSPS) is 10.6. The van der Waals surface area contributed by atoms with E-state index in [9.17, 15) is 4.79 Å². The molecule has 6 heteroatoms. The van der Waals surface area contributed by atoms with Crippen molar-refractivity contribution in [3.63, 3.8) is 0 Å². The van der Waals surface area contributed by atoms with E-state index in [4.69, 9.17) is 18.9 Å². The Hall–Kier alpha value is -4.06. The van der Waals surface area contributed by atoms with Crippen molar-refractivity contribution in [2.45, 2.75) is 13.0 Å². The van der Waals surface area contributed by atoms with Gasteiger partial charge in [0, 0.05) is 17.6 Å². The summed E-state index contributed by atoms with van der Waals surface area (Å²) >= 11 is 0. The Morgan fingerprint density at radius 2 is 1.62 bits per heavy atom. The summed E-state index contributed by atoms with van der Waals surface area (Å²) in [6, 6.07) is 22.8. The summed E-state index contributed by atoms with van der Waals surface area (Å²) in [5.74, 6) is 2.22. The first-order valence-corrected chi connectivity index (χ1v) is 10.1. The van der Waals surface area contributed by atoms with Crippen LogP contribution in [0.15, 0.2) is 79.0 Å². The molecule has 0 amide bonds. The van der Waals surface area contributed by atoms with Gasteiger partial charge in [-0.2, -0.15) is 0 Å². The van der Waals surface area contributed by atoms with Crippen LogP contribution in [0.1, 0.15) is 11.1 Å². The van der Waals surface area contributed by atoms with Crippen molar-refractivity contribution in [2.24, 2.45) is 0 Å². The monoisotopic (exact) mass is 429 g/mol. The largest absolute Gasteiger partial charge is 0.493 e. The van der Waals surface area contributed by atoms with Gasteiger partial charge in [0.05, 0.1) is 26.2 Å². The minimum atomic E-state index is -0.281. The van der Waals surface area contributed by atoms with Gasteiger partial charge in [0.25, 0.3) is 0 Å². The van der Waals surface area contributed by atoms with Crippen molar-refractivity contribution in [3.8, 4) is 23.0 Å². The summed E-state index contributed by atoms with van der Waals surface area (Å²) in [5.41, 5.74) is 2.65. The first kappa shape index (κ1) is 21.2. The lowest BCUT2D eigenvalue weighted by Gasteiger charge is -2.14. The fraction of sp³-hybridized carbons (Fsp3) is 0.154. The highest BCUT2D eigenvalue weighted by Crippen LogP contribution is 2.37. The SMILES string of the molecule is COC(=O)Cc1ccc(Oc2ccnc3cc(OCc4ccccc4)c(OC)cc23)cc1. The molecule has 0 saturated carbocycles. The molecule has 0 saturated heterocycles. The smallest absolute Gasteiger partial charge is 0.309 e. The quantitative estimate of drug-likeness (QED) is 0.353. The average Bonchev–Trinajstić information content (AvgIpc) is 2.84. The number of carbonyl (C=O) groups is 1. The molecule has 0 atom stereocenters. The molecule has 0 radical (unpaired) electrons. The number of methoxy groups -OCH3 is 2. The van der Waals surface area contributed by atoms with Gasteiger partial charge in [-0.3, -0.25) is 9.78 Å². The van der Waals surface area contributed by atoms with Crippen molar-refractivity contribution in [1.82, 2.24) is 4.98 Å². The summed E-state index contributed by atoms with van der Waals surface area (Å²) in [6.45, 7) is 0.427. The van der Waals surface area contributed by atoms with Gasteiger partial charge in [-0.1, -0.05) is 42.5 Å². The zero-order valence-electron chi connectivity index (χ0n) is 17.9. The van der Waals surface area contributed by atoms with Gasteiger partial charge in [-0.15, -0.1) is 0 Å². The fourth-order valence-electron chi connectivity index (χ4n) is 3.27. The molecular formula is C26H23NO5. The standard InChI is InChI=1S/C26H23NO5/c1-29-24-15-21-22(16-25(24)31-17-19-6-4-3-5-7-19)27-13-12-23(21)32-20-10-8-18(9-11-20)14-26(28)30-2/h3-13,15-16H,14,17H2,1-2H3. The number of hydrogen-bond donors (Lipinski definition) is 0. The van der Waals surface area contributed by atoms with Crippen molar-refractivity contribution in [3.05, 3.63) is 90.1 Å². The molecular weight excluding hydrogens is 406 g/mol. The summed E-state index contributed by atoms with van der Waals surface area (Å²) in [5, 5.41) is 0.801. The maximum absolute atomic E-state index is 11.4. The Labute approximate surface area is 186 Å². The predicted octanol–water partition coefficient (Wildman–Crippen LogP) is 5.33. The van der Waals surface area contributed by atoms with Gasteiger partial charge in [-0.05, 0) is 35.4 Å². The Morgan fingerprint density at radius 1 is 0.844 bits per heavy atom.